The minimum Gasteiger partial charge on any atom is -0.494 e. The number of hydrogen-bond donors (Lipinski definition) is 1. The number of amides is 1. The number of unbranched alkanes of at least 4 members (excludes halogenated alkanes) is 2. The van der Waals surface area contributed by atoms with E-state index in [0.717, 1.165) is 69.6 Å². The number of ether oxygens (including phenoxy) is 1. The summed E-state index contributed by atoms with van der Waals surface area (Å²) in [5.41, 5.74) is 0.697. The average molecular weight is 483 g/mol. The zero-order valence-corrected chi connectivity index (χ0v) is 20.8. The fourth-order valence-electron chi connectivity index (χ4n) is 4.55. The van der Waals surface area contributed by atoms with E-state index in [1.165, 1.54) is 12.8 Å². The Morgan fingerprint density at radius 2 is 1.46 bits per heavy atom. The van der Waals surface area contributed by atoms with Crippen molar-refractivity contribution in [1.82, 2.24) is 20.0 Å². The molecule has 2 aliphatic rings. The fraction of sp³-hybridized carbons (Fsp3) is 0.577. The van der Waals surface area contributed by atoms with Crippen LogP contribution in [0.1, 0.15) is 36.5 Å². The number of piperazine rings is 2. The van der Waals surface area contributed by atoms with E-state index in [9.17, 15) is 4.79 Å². The van der Waals surface area contributed by atoms with Crippen LogP contribution in [0.4, 0.5) is 11.6 Å². The van der Waals surface area contributed by atoms with Crippen LogP contribution in [-0.4, -0.2) is 103 Å². The summed E-state index contributed by atoms with van der Waals surface area (Å²) in [6.45, 7) is 10.2. The Morgan fingerprint density at radius 1 is 0.857 bits per heavy atom. The number of anilines is 2. The quantitative estimate of drug-likeness (QED) is 0.516. The van der Waals surface area contributed by atoms with Crippen molar-refractivity contribution in [2.75, 3.05) is 81.9 Å². The molecule has 2 aliphatic heterocycles. The molecule has 0 saturated carbocycles. The molecule has 1 N–H and O–H groups in total. The van der Waals surface area contributed by atoms with Crippen LogP contribution in [0, 0.1) is 0 Å². The Bertz CT molecular complexity index is 908. The molecule has 0 atom stereocenters. The Labute approximate surface area is 208 Å². The number of rotatable bonds is 10. The maximum absolute atomic E-state index is 13.0. The third kappa shape index (κ3) is 6.82. The monoisotopic (exact) mass is 482 g/mol. The highest BCUT2D eigenvalue weighted by molar-refractivity contribution is 5.94. The number of carbonyl (C=O) groups excluding carboxylic acids is 1. The highest BCUT2D eigenvalue weighted by atomic mass is 16.5. The van der Waals surface area contributed by atoms with Gasteiger partial charge in [-0.15, -0.1) is 10.2 Å². The van der Waals surface area contributed by atoms with Crippen molar-refractivity contribution in [3.63, 3.8) is 0 Å². The maximum atomic E-state index is 13.0. The van der Waals surface area contributed by atoms with E-state index in [1.54, 1.807) is 0 Å². The van der Waals surface area contributed by atoms with Gasteiger partial charge in [-0.3, -0.25) is 9.69 Å². The predicted octanol–water partition coefficient (Wildman–Crippen LogP) is 2.12. The third-order valence-corrected chi connectivity index (χ3v) is 6.76. The van der Waals surface area contributed by atoms with Crippen LogP contribution in [0.25, 0.3) is 0 Å². The molecule has 2 aromatic rings. The Hall–Kier alpha value is -2.91. The number of aliphatic hydroxyl groups is 1. The molecule has 0 radical (unpaired) electrons. The van der Waals surface area contributed by atoms with Crippen LogP contribution in [0.2, 0.25) is 0 Å². The Morgan fingerprint density at radius 3 is 2.00 bits per heavy atom. The minimum absolute atomic E-state index is 0.0592. The van der Waals surface area contributed by atoms with E-state index in [4.69, 9.17) is 9.84 Å². The van der Waals surface area contributed by atoms with Gasteiger partial charge in [-0.2, -0.15) is 0 Å². The zero-order chi connectivity index (χ0) is 24.5. The van der Waals surface area contributed by atoms with Gasteiger partial charge >= 0.3 is 0 Å². The first-order valence-electron chi connectivity index (χ1n) is 12.9. The average Bonchev–Trinajstić information content (AvgIpc) is 2.92. The SMILES string of the molecule is CCCCCOc1ccc(C(=O)N2CCN(c3ccc(N4CCN(CCO)CC4)nn3)CC2)cc1. The second-order valence-electron chi connectivity index (χ2n) is 9.16. The zero-order valence-electron chi connectivity index (χ0n) is 20.8. The molecule has 9 heteroatoms. The van der Waals surface area contributed by atoms with Crippen LogP contribution in [0.15, 0.2) is 36.4 Å². The summed E-state index contributed by atoms with van der Waals surface area (Å²) in [4.78, 5) is 21.5. The molecule has 0 spiro atoms. The summed E-state index contributed by atoms with van der Waals surface area (Å²) in [7, 11) is 0. The third-order valence-electron chi connectivity index (χ3n) is 6.76. The summed E-state index contributed by atoms with van der Waals surface area (Å²) >= 11 is 0. The Kier molecular flexibility index (Phi) is 9.14. The van der Waals surface area contributed by atoms with Crippen molar-refractivity contribution >= 4 is 17.5 Å². The van der Waals surface area contributed by atoms with E-state index in [-0.39, 0.29) is 12.5 Å². The molecule has 2 saturated heterocycles. The first kappa shape index (κ1) is 25.2. The molecule has 0 bridgehead atoms. The maximum Gasteiger partial charge on any atom is 0.253 e. The number of carbonyl (C=O) groups is 1. The molecule has 35 heavy (non-hydrogen) atoms. The largest absolute Gasteiger partial charge is 0.494 e. The molecule has 190 valence electrons. The standard InChI is InChI=1S/C26H38N6O3/c1-2-3-4-21-35-23-7-5-22(6-8-23)26(34)32-17-15-31(16-18-32)25-10-9-24(27-28-25)30-13-11-29(12-14-30)19-20-33/h5-10,33H,2-4,11-21H2,1H3. The number of β-amino-alcohol motifs (C(OH)–C–C–N with tert-alkyl or cyclic N) is 1. The van der Waals surface area contributed by atoms with Crippen molar-refractivity contribution < 1.29 is 14.6 Å². The van der Waals surface area contributed by atoms with Gasteiger partial charge < -0.3 is 24.5 Å². The predicted molar refractivity (Wildman–Crippen MR) is 137 cm³/mol. The lowest BCUT2D eigenvalue weighted by molar-refractivity contribution is 0.0746. The van der Waals surface area contributed by atoms with Crippen LogP contribution >= 0.6 is 0 Å². The van der Waals surface area contributed by atoms with Crippen molar-refractivity contribution in [3.8, 4) is 5.75 Å². The summed E-state index contributed by atoms with van der Waals surface area (Å²) in [5.74, 6) is 2.62. The number of aliphatic hydroxyl groups excluding tert-OH is 1. The number of aromatic nitrogens is 2. The molecule has 2 fully saturated rings. The molecule has 4 rings (SSSR count). The fourth-order valence-corrected chi connectivity index (χ4v) is 4.55. The molecular weight excluding hydrogens is 444 g/mol. The van der Waals surface area contributed by atoms with Crippen molar-refractivity contribution in [2.24, 2.45) is 0 Å². The summed E-state index contributed by atoms with van der Waals surface area (Å²) < 4.78 is 5.75. The topological polar surface area (TPSA) is 85.3 Å². The Balaban J connectivity index is 1.23. The van der Waals surface area contributed by atoms with Gasteiger partial charge in [0.05, 0.1) is 13.2 Å². The van der Waals surface area contributed by atoms with Gasteiger partial charge in [-0.25, -0.2) is 0 Å². The number of benzene rings is 1. The summed E-state index contributed by atoms with van der Waals surface area (Å²) in [5, 5.41) is 18.0. The molecule has 9 nitrogen and oxygen atoms in total. The molecule has 3 heterocycles. The van der Waals surface area contributed by atoms with E-state index in [1.807, 2.05) is 41.3 Å². The van der Waals surface area contributed by atoms with Gasteiger partial charge in [-0.05, 0) is 42.8 Å². The normalized spacial score (nSPS) is 17.0. The van der Waals surface area contributed by atoms with Gasteiger partial charge in [0.15, 0.2) is 11.6 Å². The molecule has 1 aromatic heterocycles. The van der Waals surface area contributed by atoms with E-state index < -0.39 is 0 Å². The highest BCUT2D eigenvalue weighted by Crippen LogP contribution is 2.19. The second kappa shape index (κ2) is 12.7. The molecule has 0 aliphatic carbocycles. The van der Waals surface area contributed by atoms with Gasteiger partial charge in [0.1, 0.15) is 5.75 Å². The second-order valence-corrected chi connectivity index (χ2v) is 9.16. The summed E-state index contributed by atoms with van der Waals surface area (Å²) in [6.07, 6.45) is 3.39. The first-order valence-corrected chi connectivity index (χ1v) is 12.9. The summed E-state index contributed by atoms with van der Waals surface area (Å²) in [6, 6.07) is 11.6. The van der Waals surface area contributed by atoms with E-state index in [2.05, 4.69) is 31.8 Å². The van der Waals surface area contributed by atoms with E-state index >= 15 is 0 Å². The minimum atomic E-state index is 0.0592. The molecule has 0 unspecified atom stereocenters. The first-order chi connectivity index (χ1) is 17.2. The van der Waals surface area contributed by atoms with Crippen molar-refractivity contribution in [1.29, 1.82) is 0 Å². The lowest BCUT2D eigenvalue weighted by atomic mass is 10.1. The van der Waals surface area contributed by atoms with Crippen LogP contribution in [0.5, 0.6) is 5.75 Å². The van der Waals surface area contributed by atoms with Crippen molar-refractivity contribution in [3.05, 3.63) is 42.0 Å². The van der Waals surface area contributed by atoms with Gasteiger partial charge in [0.2, 0.25) is 0 Å². The molecule has 1 aromatic carbocycles. The number of nitrogens with zero attached hydrogens (tertiary/aromatic N) is 6. The lowest BCUT2D eigenvalue weighted by Crippen LogP contribution is -2.49. The highest BCUT2D eigenvalue weighted by Gasteiger charge is 2.24. The van der Waals surface area contributed by atoms with Crippen LogP contribution < -0.4 is 14.5 Å². The van der Waals surface area contributed by atoms with E-state index in [0.29, 0.717) is 25.3 Å². The van der Waals surface area contributed by atoms with Gasteiger partial charge in [-0.1, -0.05) is 19.8 Å². The van der Waals surface area contributed by atoms with Gasteiger partial charge in [0.25, 0.3) is 5.91 Å². The van der Waals surface area contributed by atoms with Crippen LogP contribution in [0.3, 0.4) is 0 Å². The lowest BCUT2D eigenvalue weighted by Gasteiger charge is -2.36. The number of hydrogen-bond acceptors (Lipinski definition) is 8. The smallest absolute Gasteiger partial charge is 0.253 e. The van der Waals surface area contributed by atoms with Crippen LogP contribution in [-0.2, 0) is 0 Å². The molecule has 1 amide bonds. The molecular formula is C26H38N6O3. The van der Waals surface area contributed by atoms with Gasteiger partial charge in [0, 0.05) is 64.5 Å². The van der Waals surface area contributed by atoms with Crippen molar-refractivity contribution in [2.45, 2.75) is 26.2 Å².